The molecule has 0 heterocycles. The number of carbonyl (C=O) groups excluding carboxylic acids is 2. The third-order valence-corrected chi connectivity index (χ3v) is 2.79. The summed E-state index contributed by atoms with van der Waals surface area (Å²) in [6.45, 7) is 5.34. The zero-order valence-corrected chi connectivity index (χ0v) is 11.7. The fraction of sp³-hybridized carbons (Fsp3) is 0.467. The molecule has 1 aromatic rings. The van der Waals surface area contributed by atoms with Crippen molar-refractivity contribution in [2.45, 2.75) is 33.1 Å². The van der Waals surface area contributed by atoms with Crippen molar-refractivity contribution in [2.75, 3.05) is 18.4 Å². The highest BCUT2D eigenvalue weighted by molar-refractivity contribution is 6.39. The van der Waals surface area contributed by atoms with Crippen molar-refractivity contribution in [3.63, 3.8) is 0 Å². The highest BCUT2D eigenvalue weighted by Crippen LogP contribution is 2.06. The number of benzene rings is 1. The van der Waals surface area contributed by atoms with Gasteiger partial charge in [0.1, 0.15) is 0 Å². The molecule has 0 radical (unpaired) electrons. The first-order valence-electron chi connectivity index (χ1n) is 6.84. The number of hydrogen-bond donors (Lipinski definition) is 1. The Balaban J connectivity index is 2.60. The van der Waals surface area contributed by atoms with E-state index in [1.165, 1.54) is 0 Å². The zero-order chi connectivity index (χ0) is 14.1. The Hall–Kier alpha value is -1.84. The lowest BCUT2D eigenvalue weighted by atomic mass is 10.2. The van der Waals surface area contributed by atoms with E-state index in [1.807, 2.05) is 25.1 Å². The second kappa shape index (κ2) is 8.29. The van der Waals surface area contributed by atoms with Crippen molar-refractivity contribution in [3.05, 3.63) is 30.3 Å². The summed E-state index contributed by atoms with van der Waals surface area (Å²) in [7, 11) is 0. The molecule has 1 rings (SSSR count). The van der Waals surface area contributed by atoms with E-state index in [2.05, 4.69) is 12.2 Å². The molecule has 0 atom stereocenters. The number of anilines is 1. The van der Waals surface area contributed by atoms with Crippen molar-refractivity contribution in [2.24, 2.45) is 0 Å². The van der Waals surface area contributed by atoms with Crippen molar-refractivity contribution in [1.82, 2.24) is 4.90 Å². The van der Waals surface area contributed by atoms with Gasteiger partial charge in [-0.3, -0.25) is 9.59 Å². The van der Waals surface area contributed by atoms with E-state index < -0.39 is 11.8 Å². The quantitative estimate of drug-likeness (QED) is 0.801. The van der Waals surface area contributed by atoms with E-state index in [0.29, 0.717) is 18.8 Å². The molecule has 0 saturated carbocycles. The van der Waals surface area contributed by atoms with Crippen molar-refractivity contribution in [3.8, 4) is 0 Å². The molecule has 0 bridgehead atoms. The summed E-state index contributed by atoms with van der Waals surface area (Å²) >= 11 is 0. The summed E-state index contributed by atoms with van der Waals surface area (Å²) in [5.74, 6) is -1.00. The predicted molar refractivity (Wildman–Crippen MR) is 76.9 cm³/mol. The molecule has 1 aromatic carbocycles. The van der Waals surface area contributed by atoms with Crippen molar-refractivity contribution >= 4 is 17.5 Å². The molecule has 0 aliphatic carbocycles. The number of unbranched alkanes of at least 4 members (excludes halogenated alkanes) is 1. The van der Waals surface area contributed by atoms with Crippen LogP contribution in [0.5, 0.6) is 0 Å². The maximum Gasteiger partial charge on any atom is 0.313 e. The number of rotatable bonds is 6. The molecule has 0 aromatic heterocycles. The predicted octanol–water partition coefficient (Wildman–Crippen LogP) is 2.66. The summed E-state index contributed by atoms with van der Waals surface area (Å²) in [5.41, 5.74) is 0.646. The van der Waals surface area contributed by atoms with Gasteiger partial charge in [0.15, 0.2) is 0 Å². The summed E-state index contributed by atoms with van der Waals surface area (Å²) in [6.07, 6.45) is 2.78. The highest BCUT2D eigenvalue weighted by atomic mass is 16.2. The molecule has 0 unspecified atom stereocenters. The van der Waals surface area contributed by atoms with E-state index in [0.717, 1.165) is 19.3 Å². The van der Waals surface area contributed by atoms with E-state index in [1.54, 1.807) is 17.0 Å². The molecule has 1 N–H and O–H groups in total. The third kappa shape index (κ3) is 5.12. The fourth-order valence-corrected chi connectivity index (χ4v) is 1.78. The SMILES string of the molecule is CCCCN(CCC)C(=O)C(=O)Nc1ccccc1. The average Bonchev–Trinajstić information content (AvgIpc) is 2.43. The molecule has 0 spiro atoms. The van der Waals surface area contributed by atoms with Crippen LogP contribution in [0.15, 0.2) is 30.3 Å². The molecule has 104 valence electrons. The van der Waals surface area contributed by atoms with Crippen LogP contribution >= 0.6 is 0 Å². The minimum atomic E-state index is -0.559. The summed E-state index contributed by atoms with van der Waals surface area (Å²) in [4.78, 5) is 25.6. The molecule has 4 nitrogen and oxygen atoms in total. The summed E-state index contributed by atoms with van der Waals surface area (Å²) < 4.78 is 0. The number of nitrogens with one attached hydrogen (secondary N) is 1. The van der Waals surface area contributed by atoms with Crippen LogP contribution in [-0.4, -0.2) is 29.8 Å². The van der Waals surface area contributed by atoms with Crippen LogP contribution in [0.25, 0.3) is 0 Å². The first-order chi connectivity index (χ1) is 9.19. The lowest BCUT2D eigenvalue weighted by Gasteiger charge is -2.21. The molecule has 0 aliphatic rings. The Morgan fingerprint density at radius 3 is 2.32 bits per heavy atom. The lowest BCUT2D eigenvalue weighted by molar-refractivity contribution is -0.143. The Kier molecular flexibility index (Phi) is 6.64. The van der Waals surface area contributed by atoms with Gasteiger partial charge in [0.25, 0.3) is 0 Å². The van der Waals surface area contributed by atoms with Gasteiger partial charge in [0.05, 0.1) is 0 Å². The second-order valence-corrected chi connectivity index (χ2v) is 4.47. The van der Waals surface area contributed by atoms with Gasteiger partial charge in [-0.2, -0.15) is 0 Å². The van der Waals surface area contributed by atoms with Gasteiger partial charge in [-0.05, 0) is 25.0 Å². The zero-order valence-electron chi connectivity index (χ0n) is 11.7. The number of nitrogens with zero attached hydrogens (tertiary/aromatic N) is 1. The minimum absolute atomic E-state index is 0.445. The van der Waals surface area contributed by atoms with Crippen LogP contribution < -0.4 is 5.32 Å². The second-order valence-electron chi connectivity index (χ2n) is 4.47. The largest absolute Gasteiger partial charge is 0.334 e. The van der Waals surface area contributed by atoms with Gasteiger partial charge in [-0.15, -0.1) is 0 Å². The van der Waals surface area contributed by atoms with Gasteiger partial charge in [0, 0.05) is 18.8 Å². The number of carbonyl (C=O) groups is 2. The number of para-hydroxylation sites is 1. The maximum absolute atomic E-state index is 12.1. The van der Waals surface area contributed by atoms with Crippen LogP contribution in [0.1, 0.15) is 33.1 Å². The Bertz CT molecular complexity index is 404. The molecular formula is C15H22N2O2. The molecule has 4 heteroatoms. The van der Waals surface area contributed by atoms with Crippen LogP contribution in [-0.2, 0) is 9.59 Å². The fourth-order valence-electron chi connectivity index (χ4n) is 1.78. The van der Waals surface area contributed by atoms with Gasteiger partial charge in [0.2, 0.25) is 0 Å². The normalized spacial score (nSPS) is 10.0. The molecule has 2 amide bonds. The molecule has 19 heavy (non-hydrogen) atoms. The van der Waals surface area contributed by atoms with E-state index in [4.69, 9.17) is 0 Å². The molecule has 0 fully saturated rings. The number of hydrogen-bond acceptors (Lipinski definition) is 2. The first kappa shape index (κ1) is 15.2. The Morgan fingerprint density at radius 2 is 1.74 bits per heavy atom. The summed E-state index contributed by atoms with van der Waals surface area (Å²) in [5, 5.41) is 2.63. The van der Waals surface area contributed by atoms with Crippen molar-refractivity contribution in [1.29, 1.82) is 0 Å². The molecule has 0 aliphatic heterocycles. The van der Waals surface area contributed by atoms with Gasteiger partial charge in [-0.25, -0.2) is 0 Å². The minimum Gasteiger partial charge on any atom is -0.334 e. The first-order valence-corrected chi connectivity index (χ1v) is 6.84. The third-order valence-electron chi connectivity index (χ3n) is 2.79. The molecular weight excluding hydrogens is 240 g/mol. The van der Waals surface area contributed by atoms with Gasteiger partial charge < -0.3 is 10.2 Å². The van der Waals surface area contributed by atoms with Gasteiger partial charge in [-0.1, -0.05) is 38.5 Å². The van der Waals surface area contributed by atoms with Crippen LogP contribution in [0.4, 0.5) is 5.69 Å². The Morgan fingerprint density at radius 1 is 1.05 bits per heavy atom. The smallest absolute Gasteiger partial charge is 0.313 e. The van der Waals surface area contributed by atoms with Crippen LogP contribution in [0.2, 0.25) is 0 Å². The van der Waals surface area contributed by atoms with E-state index in [-0.39, 0.29) is 0 Å². The van der Waals surface area contributed by atoms with Crippen LogP contribution in [0, 0.1) is 0 Å². The highest BCUT2D eigenvalue weighted by Gasteiger charge is 2.20. The van der Waals surface area contributed by atoms with Crippen molar-refractivity contribution < 1.29 is 9.59 Å². The standard InChI is InChI=1S/C15H22N2O2/c1-3-5-12-17(11-4-2)15(19)14(18)16-13-9-7-6-8-10-13/h6-10H,3-5,11-12H2,1-2H3,(H,16,18). The number of amides is 2. The lowest BCUT2D eigenvalue weighted by Crippen LogP contribution is -2.40. The average molecular weight is 262 g/mol. The maximum atomic E-state index is 12.1. The van der Waals surface area contributed by atoms with Gasteiger partial charge >= 0.3 is 11.8 Å². The van der Waals surface area contributed by atoms with E-state index >= 15 is 0 Å². The molecule has 0 saturated heterocycles. The monoisotopic (exact) mass is 262 g/mol. The van der Waals surface area contributed by atoms with E-state index in [9.17, 15) is 9.59 Å². The summed E-state index contributed by atoms with van der Waals surface area (Å²) in [6, 6.07) is 9.03. The van der Waals surface area contributed by atoms with Crippen LogP contribution in [0.3, 0.4) is 0 Å². The topological polar surface area (TPSA) is 49.4 Å². The Labute approximate surface area is 114 Å².